The highest BCUT2D eigenvalue weighted by molar-refractivity contribution is 5.82. The molecular weight excluding hydrogens is 236 g/mol. The van der Waals surface area contributed by atoms with Gasteiger partial charge in [0.2, 0.25) is 0 Å². The summed E-state index contributed by atoms with van der Waals surface area (Å²) in [6.45, 7) is 4.79. The smallest absolute Gasteiger partial charge is 0.0708 e. The van der Waals surface area contributed by atoms with Crippen LogP contribution in [0.2, 0.25) is 0 Å². The van der Waals surface area contributed by atoms with E-state index in [1.165, 1.54) is 23.8 Å². The van der Waals surface area contributed by atoms with Crippen LogP contribution >= 0.6 is 0 Å². The molecule has 19 heavy (non-hydrogen) atoms. The van der Waals surface area contributed by atoms with E-state index < -0.39 is 0 Å². The standard InChI is InChI=1S/C16H20N2O/c1-12-9-13(10-17-11-14-5-4-8-19-14)15-6-2-3-7-16(15)18-12/h2-3,6-7,9,14,17H,4-5,8,10-11H2,1H3. The van der Waals surface area contributed by atoms with Crippen molar-refractivity contribution < 1.29 is 4.74 Å². The zero-order valence-corrected chi connectivity index (χ0v) is 11.4. The third kappa shape index (κ3) is 2.94. The Morgan fingerprint density at radius 2 is 2.26 bits per heavy atom. The molecule has 3 rings (SSSR count). The van der Waals surface area contributed by atoms with Crippen LogP contribution in [0.5, 0.6) is 0 Å². The lowest BCUT2D eigenvalue weighted by Crippen LogP contribution is -2.25. The number of nitrogens with one attached hydrogen (secondary N) is 1. The van der Waals surface area contributed by atoms with Crippen LogP contribution in [-0.4, -0.2) is 24.2 Å². The molecule has 2 aromatic rings. The fourth-order valence-corrected chi connectivity index (χ4v) is 2.71. The Morgan fingerprint density at radius 1 is 1.37 bits per heavy atom. The van der Waals surface area contributed by atoms with Crippen molar-refractivity contribution in [2.24, 2.45) is 0 Å². The zero-order chi connectivity index (χ0) is 13.1. The molecule has 1 fully saturated rings. The van der Waals surface area contributed by atoms with Crippen LogP contribution in [0, 0.1) is 6.92 Å². The van der Waals surface area contributed by atoms with Gasteiger partial charge in [0.05, 0.1) is 11.6 Å². The highest BCUT2D eigenvalue weighted by Gasteiger charge is 2.14. The first kappa shape index (κ1) is 12.6. The van der Waals surface area contributed by atoms with Crippen molar-refractivity contribution in [3.05, 3.63) is 41.6 Å². The first-order valence-electron chi connectivity index (χ1n) is 7.00. The SMILES string of the molecule is Cc1cc(CNCC2CCCO2)c2ccccc2n1. The molecule has 0 spiro atoms. The monoisotopic (exact) mass is 256 g/mol. The number of ether oxygens (including phenoxy) is 1. The van der Waals surface area contributed by atoms with Crippen LogP contribution in [0.25, 0.3) is 10.9 Å². The van der Waals surface area contributed by atoms with E-state index in [9.17, 15) is 0 Å². The van der Waals surface area contributed by atoms with E-state index in [-0.39, 0.29) is 0 Å². The predicted octanol–water partition coefficient (Wildman–Crippen LogP) is 2.81. The van der Waals surface area contributed by atoms with Gasteiger partial charge in [-0.05, 0) is 37.5 Å². The minimum absolute atomic E-state index is 0.397. The van der Waals surface area contributed by atoms with E-state index in [2.05, 4.69) is 41.5 Å². The van der Waals surface area contributed by atoms with Gasteiger partial charge in [0.25, 0.3) is 0 Å². The van der Waals surface area contributed by atoms with Gasteiger partial charge >= 0.3 is 0 Å². The molecule has 2 heterocycles. The van der Waals surface area contributed by atoms with E-state index in [1.807, 2.05) is 6.07 Å². The molecule has 1 saturated heterocycles. The molecule has 3 heteroatoms. The maximum absolute atomic E-state index is 5.63. The van der Waals surface area contributed by atoms with Crippen molar-refractivity contribution in [3.8, 4) is 0 Å². The largest absolute Gasteiger partial charge is 0.377 e. The van der Waals surface area contributed by atoms with Gasteiger partial charge in [-0.2, -0.15) is 0 Å². The van der Waals surface area contributed by atoms with E-state index in [0.29, 0.717) is 6.10 Å². The Hall–Kier alpha value is -1.45. The minimum atomic E-state index is 0.397. The summed E-state index contributed by atoms with van der Waals surface area (Å²) in [4.78, 5) is 4.57. The van der Waals surface area contributed by atoms with Crippen molar-refractivity contribution in [1.82, 2.24) is 10.3 Å². The summed E-state index contributed by atoms with van der Waals surface area (Å²) in [5.74, 6) is 0. The maximum Gasteiger partial charge on any atom is 0.0708 e. The van der Waals surface area contributed by atoms with E-state index in [0.717, 1.165) is 30.9 Å². The number of aryl methyl sites for hydroxylation is 1. The molecule has 0 aliphatic carbocycles. The molecule has 1 aromatic carbocycles. The maximum atomic E-state index is 5.63. The Morgan fingerprint density at radius 3 is 3.11 bits per heavy atom. The third-order valence-electron chi connectivity index (χ3n) is 3.64. The second-order valence-electron chi connectivity index (χ2n) is 5.21. The van der Waals surface area contributed by atoms with Crippen LogP contribution in [-0.2, 0) is 11.3 Å². The number of rotatable bonds is 4. The van der Waals surface area contributed by atoms with Crippen LogP contribution in [0.3, 0.4) is 0 Å². The topological polar surface area (TPSA) is 34.1 Å². The van der Waals surface area contributed by atoms with Gasteiger partial charge in [0, 0.05) is 30.8 Å². The summed E-state index contributed by atoms with van der Waals surface area (Å²) < 4.78 is 5.63. The summed E-state index contributed by atoms with van der Waals surface area (Å²) in [6, 6.07) is 10.5. The quantitative estimate of drug-likeness (QED) is 0.913. The predicted molar refractivity (Wildman–Crippen MR) is 77.2 cm³/mol. The van der Waals surface area contributed by atoms with Gasteiger partial charge in [0.1, 0.15) is 0 Å². The highest BCUT2D eigenvalue weighted by atomic mass is 16.5. The lowest BCUT2D eigenvalue weighted by atomic mass is 10.1. The van der Waals surface area contributed by atoms with E-state index >= 15 is 0 Å². The fourth-order valence-electron chi connectivity index (χ4n) is 2.71. The van der Waals surface area contributed by atoms with Gasteiger partial charge in [0.15, 0.2) is 0 Å². The Labute approximate surface area is 114 Å². The average molecular weight is 256 g/mol. The molecule has 0 amide bonds. The van der Waals surface area contributed by atoms with Gasteiger partial charge in [-0.25, -0.2) is 0 Å². The van der Waals surface area contributed by atoms with Crippen molar-refractivity contribution in [2.75, 3.05) is 13.2 Å². The van der Waals surface area contributed by atoms with Gasteiger partial charge < -0.3 is 10.1 Å². The molecular formula is C16H20N2O. The fraction of sp³-hybridized carbons (Fsp3) is 0.438. The van der Waals surface area contributed by atoms with Gasteiger partial charge in [-0.1, -0.05) is 18.2 Å². The number of fused-ring (bicyclic) bond motifs is 1. The second-order valence-corrected chi connectivity index (χ2v) is 5.21. The van der Waals surface area contributed by atoms with Crippen LogP contribution in [0.1, 0.15) is 24.1 Å². The summed E-state index contributed by atoms with van der Waals surface area (Å²) in [5.41, 5.74) is 3.48. The normalized spacial score (nSPS) is 19.1. The summed E-state index contributed by atoms with van der Waals surface area (Å²) >= 11 is 0. The van der Waals surface area contributed by atoms with Gasteiger partial charge in [-0.15, -0.1) is 0 Å². The number of hydrogen-bond acceptors (Lipinski definition) is 3. The molecule has 1 aliphatic rings. The number of hydrogen-bond donors (Lipinski definition) is 1. The number of aromatic nitrogens is 1. The Balaban J connectivity index is 1.72. The summed E-state index contributed by atoms with van der Waals surface area (Å²) in [6.07, 6.45) is 2.78. The number of benzene rings is 1. The molecule has 100 valence electrons. The molecule has 1 unspecified atom stereocenters. The highest BCUT2D eigenvalue weighted by Crippen LogP contribution is 2.18. The van der Waals surface area contributed by atoms with E-state index in [1.54, 1.807) is 0 Å². The minimum Gasteiger partial charge on any atom is -0.377 e. The molecule has 1 N–H and O–H groups in total. The number of pyridine rings is 1. The van der Waals surface area contributed by atoms with Crippen LogP contribution < -0.4 is 5.32 Å². The number of para-hydroxylation sites is 1. The molecule has 1 atom stereocenters. The molecule has 1 aromatic heterocycles. The molecule has 0 saturated carbocycles. The zero-order valence-electron chi connectivity index (χ0n) is 11.4. The first-order valence-corrected chi connectivity index (χ1v) is 7.00. The summed E-state index contributed by atoms with van der Waals surface area (Å²) in [5, 5.41) is 4.75. The van der Waals surface area contributed by atoms with Crippen molar-refractivity contribution in [2.45, 2.75) is 32.4 Å². The third-order valence-corrected chi connectivity index (χ3v) is 3.64. The average Bonchev–Trinajstić information content (AvgIpc) is 2.91. The summed E-state index contributed by atoms with van der Waals surface area (Å²) in [7, 11) is 0. The van der Waals surface area contributed by atoms with Crippen molar-refractivity contribution in [3.63, 3.8) is 0 Å². The van der Waals surface area contributed by atoms with Crippen molar-refractivity contribution >= 4 is 10.9 Å². The lowest BCUT2D eigenvalue weighted by molar-refractivity contribution is 0.110. The first-order chi connectivity index (χ1) is 9.33. The molecule has 0 radical (unpaired) electrons. The second kappa shape index (κ2) is 5.68. The van der Waals surface area contributed by atoms with Crippen LogP contribution in [0.4, 0.5) is 0 Å². The van der Waals surface area contributed by atoms with Crippen LogP contribution in [0.15, 0.2) is 30.3 Å². The van der Waals surface area contributed by atoms with Crippen molar-refractivity contribution in [1.29, 1.82) is 0 Å². The number of nitrogens with zero attached hydrogens (tertiary/aromatic N) is 1. The van der Waals surface area contributed by atoms with E-state index in [4.69, 9.17) is 4.74 Å². The molecule has 1 aliphatic heterocycles. The Kier molecular flexibility index (Phi) is 3.76. The Bertz CT molecular complexity index is 562. The molecule has 0 bridgehead atoms. The lowest BCUT2D eigenvalue weighted by Gasteiger charge is -2.12. The van der Waals surface area contributed by atoms with Gasteiger partial charge in [-0.3, -0.25) is 4.98 Å². The molecule has 3 nitrogen and oxygen atoms in total.